The number of carbonyl (C=O) groups excluding carboxylic acids is 3. The molecule has 1 aliphatic rings. The van der Waals surface area contributed by atoms with E-state index in [1.807, 2.05) is 0 Å². The highest BCUT2D eigenvalue weighted by molar-refractivity contribution is 6.30. The highest BCUT2D eigenvalue weighted by Gasteiger charge is 2.25. The Morgan fingerprint density at radius 2 is 2.00 bits per heavy atom. The number of amides is 3. The zero-order valence-corrected chi connectivity index (χ0v) is 24.1. The molecule has 0 saturated heterocycles. The third kappa shape index (κ3) is 7.81. The molecule has 3 aromatic rings. The minimum atomic E-state index is -0.711. The lowest BCUT2D eigenvalue weighted by atomic mass is 10.0. The normalized spacial score (nSPS) is 15.1. The van der Waals surface area contributed by atoms with Gasteiger partial charge >= 0.3 is 6.09 Å². The summed E-state index contributed by atoms with van der Waals surface area (Å²) >= 11 is 6.16. The summed E-state index contributed by atoms with van der Waals surface area (Å²) in [5.74, 6) is 10.5. The highest BCUT2D eigenvalue weighted by atomic mass is 35.5. The van der Waals surface area contributed by atoms with E-state index < -0.39 is 23.9 Å². The van der Waals surface area contributed by atoms with Crippen molar-refractivity contribution in [2.24, 2.45) is 22.5 Å². The van der Waals surface area contributed by atoms with Gasteiger partial charge in [-0.3, -0.25) is 19.9 Å². The van der Waals surface area contributed by atoms with Crippen LogP contribution >= 0.6 is 11.6 Å². The monoisotopic (exact) mass is 608 g/mol. The second kappa shape index (κ2) is 14.2. The van der Waals surface area contributed by atoms with Gasteiger partial charge in [-0.2, -0.15) is 5.10 Å². The molecule has 43 heavy (non-hydrogen) atoms. The van der Waals surface area contributed by atoms with E-state index in [2.05, 4.69) is 30.8 Å². The van der Waals surface area contributed by atoms with Crippen LogP contribution in [0.4, 0.5) is 21.9 Å². The van der Waals surface area contributed by atoms with E-state index in [0.717, 1.165) is 19.3 Å². The number of aromatic nitrogens is 2. The molecule has 0 spiro atoms. The van der Waals surface area contributed by atoms with Gasteiger partial charge in [0.05, 0.1) is 18.8 Å². The average Bonchev–Trinajstić information content (AvgIpc) is 3.42. The molecular weight excluding hydrogens is 576 g/mol. The molecule has 2 heterocycles. The molecule has 1 aliphatic heterocycles. The molecule has 226 valence electrons. The highest BCUT2D eigenvalue weighted by Crippen LogP contribution is 2.34. The minimum Gasteiger partial charge on any atom is -0.453 e. The number of carbonyl (C=O) groups is 3. The summed E-state index contributed by atoms with van der Waals surface area (Å²) in [6, 6.07) is 9.54. The van der Waals surface area contributed by atoms with Crippen LogP contribution in [0.2, 0.25) is 5.02 Å². The number of hydrogen-bond acceptors (Lipinski definition) is 9. The molecule has 14 nitrogen and oxygen atoms in total. The first kappa shape index (κ1) is 30.9. The van der Waals surface area contributed by atoms with Crippen LogP contribution in [0, 0.1) is 0 Å². The molecule has 2 aromatic carbocycles. The number of hydrazine groups is 1. The fourth-order valence-electron chi connectivity index (χ4n) is 4.64. The van der Waals surface area contributed by atoms with E-state index >= 15 is 0 Å². The summed E-state index contributed by atoms with van der Waals surface area (Å²) in [6.45, 7) is 0.632. The number of rotatable bonds is 7. The fraction of sp³-hybridized carbons (Fsp3) is 0.250. The van der Waals surface area contributed by atoms with Crippen LogP contribution in [0.25, 0.3) is 17.3 Å². The topological polar surface area (TPSA) is 219 Å². The Morgan fingerprint density at radius 1 is 1.19 bits per heavy atom. The zero-order valence-electron chi connectivity index (χ0n) is 23.4. The largest absolute Gasteiger partial charge is 0.453 e. The Hall–Kier alpha value is -5.08. The molecule has 1 unspecified atom stereocenters. The van der Waals surface area contributed by atoms with E-state index in [0.29, 0.717) is 57.7 Å². The van der Waals surface area contributed by atoms with E-state index in [1.54, 1.807) is 42.5 Å². The lowest BCUT2D eigenvalue weighted by Gasteiger charge is -2.18. The van der Waals surface area contributed by atoms with Crippen molar-refractivity contribution >= 4 is 59.0 Å². The SMILES string of the molecule is COC(=O)Nc1ccc2c(c1)NCCCCCC(NC(=O)/C=C/c1cc(Cl)ccc1N(N)/C=N\N)c1nc-2c(C(N)=O)[nH]1. The molecule has 2 bridgehead atoms. The van der Waals surface area contributed by atoms with Crippen molar-refractivity contribution in [2.45, 2.75) is 31.7 Å². The van der Waals surface area contributed by atoms with Crippen molar-refractivity contribution in [3.8, 4) is 11.3 Å². The van der Waals surface area contributed by atoms with Crippen molar-refractivity contribution in [3.63, 3.8) is 0 Å². The molecule has 1 atom stereocenters. The second-order valence-corrected chi connectivity index (χ2v) is 10.1. The molecule has 3 amide bonds. The first-order chi connectivity index (χ1) is 20.7. The third-order valence-electron chi connectivity index (χ3n) is 6.68. The number of hydrogen-bond donors (Lipinski definition) is 7. The van der Waals surface area contributed by atoms with Crippen LogP contribution in [-0.2, 0) is 9.53 Å². The first-order valence-electron chi connectivity index (χ1n) is 13.4. The van der Waals surface area contributed by atoms with Gasteiger partial charge in [0.2, 0.25) is 5.91 Å². The molecule has 0 aliphatic carbocycles. The fourth-order valence-corrected chi connectivity index (χ4v) is 4.82. The van der Waals surface area contributed by atoms with E-state index in [-0.39, 0.29) is 5.69 Å². The first-order valence-corrected chi connectivity index (χ1v) is 13.8. The Bertz CT molecular complexity index is 1550. The number of hydrazone groups is 1. The van der Waals surface area contributed by atoms with Gasteiger partial charge in [0.15, 0.2) is 0 Å². The number of imidazole rings is 1. The molecule has 15 heteroatoms. The van der Waals surface area contributed by atoms with Gasteiger partial charge in [-0.25, -0.2) is 15.6 Å². The van der Waals surface area contributed by atoms with E-state index in [9.17, 15) is 14.4 Å². The van der Waals surface area contributed by atoms with Gasteiger partial charge < -0.3 is 31.9 Å². The van der Waals surface area contributed by atoms with E-state index in [1.165, 1.54) is 24.5 Å². The maximum absolute atomic E-state index is 13.1. The third-order valence-corrected chi connectivity index (χ3v) is 6.91. The van der Waals surface area contributed by atoms with Gasteiger partial charge in [-0.05, 0) is 55.3 Å². The number of aromatic amines is 1. The predicted octanol–water partition coefficient (Wildman–Crippen LogP) is 3.45. The second-order valence-electron chi connectivity index (χ2n) is 9.63. The van der Waals surface area contributed by atoms with Gasteiger partial charge in [0.25, 0.3) is 5.91 Å². The van der Waals surface area contributed by atoms with Crippen LogP contribution in [0.5, 0.6) is 0 Å². The molecule has 1 aromatic heterocycles. The van der Waals surface area contributed by atoms with Crippen LogP contribution in [0.1, 0.15) is 53.6 Å². The maximum Gasteiger partial charge on any atom is 0.411 e. The lowest BCUT2D eigenvalue weighted by molar-refractivity contribution is -0.117. The number of nitrogens with zero attached hydrogens (tertiary/aromatic N) is 3. The maximum atomic E-state index is 13.1. The smallest absolute Gasteiger partial charge is 0.411 e. The molecule has 4 rings (SSSR count). The standard InChI is InChI=1S/C28H33ClN10O4/c1-43-28(42)35-18-8-9-19-21(14-18)33-12-4-2-3-5-20(27-37-24(19)25(38-27)26(30)41)36-23(40)11-6-16-13-17(29)7-10-22(16)39(32)15-34-31/h6-11,13-15,20,33H,2-5,12,31-32H2,1H3,(H2,30,41)(H,35,42)(H,36,40)(H,37,38)/b11-6+,34-15-. The van der Waals surface area contributed by atoms with Gasteiger partial charge in [-0.1, -0.05) is 24.4 Å². The molecule has 0 radical (unpaired) electrons. The van der Waals surface area contributed by atoms with Crippen LogP contribution in [-0.4, -0.2) is 47.9 Å². The Balaban J connectivity index is 1.66. The van der Waals surface area contributed by atoms with Crippen LogP contribution in [0.3, 0.4) is 0 Å². The summed E-state index contributed by atoms with van der Waals surface area (Å²) in [7, 11) is 1.28. The predicted molar refractivity (Wildman–Crippen MR) is 166 cm³/mol. The van der Waals surface area contributed by atoms with Crippen molar-refractivity contribution in [1.82, 2.24) is 15.3 Å². The lowest BCUT2D eigenvalue weighted by Crippen LogP contribution is -2.30. The van der Waals surface area contributed by atoms with E-state index in [4.69, 9.17) is 34.0 Å². The number of methoxy groups -OCH3 is 1. The number of nitrogens with one attached hydrogen (secondary N) is 4. The van der Waals surface area contributed by atoms with Crippen LogP contribution < -0.4 is 38.4 Å². The summed E-state index contributed by atoms with van der Waals surface area (Å²) in [4.78, 5) is 45.1. The average molecular weight is 609 g/mol. The molecular formula is C28H33ClN10O4. The number of H-pyrrole nitrogens is 1. The molecule has 0 fully saturated rings. The number of fused-ring (bicyclic) bond motifs is 4. The van der Waals surface area contributed by atoms with Gasteiger partial charge in [-0.15, -0.1) is 0 Å². The Kier molecular flexibility index (Phi) is 10.2. The van der Waals surface area contributed by atoms with Crippen molar-refractivity contribution < 1.29 is 19.1 Å². The number of primary amides is 1. The minimum absolute atomic E-state index is 0.0916. The summed E-state index contributed by atoms with van der Waals surface area (Å²) in [5, 5.41) is 14.1. The number of anilines is 3. The number of nitrogens with two attached hydrogens (primary N) is 3. The number of halogens is 1. The van der Waals surface area contributed by atoms with Crippen molar-refractivity contribution in [2.75, 3.05) is 29.3 Å². The Labute approximate surface area is 252 Å². The van der Waals surface area contributed by atoms with Gasteiger partial charge in [0.1, 0.15) is 23.6 Å². The van der Waals surface area contributed by atoms with Crippen molar-refractivity contribution in [1.29, 1.82) is 0 Å². The van der Waals surface area contributed by atoms with Gasteiger partial charge in [0, 0.05) is 40.1 Å². The number of ether oxygens (including phenoxy) is 1. The zero-order chi connectivity index (χ0) is 30.9. The van der Waals surface area contributed by atoms with Crippen LogP contribution in [0.15, 0.2) is 47.6 Å². The Morgan fingerprint density at radius 3 is 2.74 bits per heavy atom. The molecule has 10 N–H and O–H groups in total. The number of benzene rings is 2. The summed E-state index contributed by atoms with van der Waals surface area (Å²) in [6.07, 6.45) is 6.57. The quantitative estimate of drug-likeness (QED) is 0.0685. The van der Waals surface area contributed by atoms with Crippen molar-refractivity contribution in [3.05, 3.63) is 64.6 Å². The summed E-state index contributed by atoms with van der Waals surface area (Å²) < 4.78 is 4.69. The summed E-state index contributed by atoms with van der Waals surface area (Å²) in [5.41, 5.74) is 8.95. The molecule has 0 saturated carbocycles.